The molecule has 3 aromatic rings. The van der Waals surface area contributed by atoms with E-state index in [1.165, 1.54) is 0 Å². The molecule has 0 radical (unpaired) electrons. The van der Waals surface area contributed by atoms with Crippen LogP contribution in [-0.4, -0.2) is 10.1 Å². The molecule has 0 aliphatic rings. The van der Waals surface area contributed by atoms with Crippen molar-refractivity contribution < 1.29 is 9.52 Å². The molecular formula is C12H9NO2. The van der Waals surface area contributed by atoms with Gasteiger partial charge in [-0.3, -0.25) is 4.98 Å². The van der Waals surface area contributed by atoms with Gasteiger partial charge >= 0.3 is 0 Å². The van der Waals surface area contributed by atoms with Gasteiger partial charge in [0, 0.05) is 17.0 Å². The van der Waals surface area contributed by atoms with Gasteiger partial charge < -0.3 is 9.52 Å². The third kappa shape index (κ3) is 1.21. The third-order valence-corrected chi connectivity index (χ3v) is 2.46. The molecule has 74 valence electrons. The minimum Gasteiger partial charge on any atom is -0.458 e. The van der Waals surface area contributed by atoms with Crippen molar-refractivity contribution in [2.24, 2.45) is 0 Å². The van der Waals surface area contributed by atoms with Crippen LogP contribution in [0.2, 0.25) is 0 Å². The van der Waals surface area contributed by atoms with Crippen LogP contribution < -0.4 is 0 Å². The van der Waals surface area contributed by atoms with Crippen LogP contribution in [-0.2, 0) is 6.61 Å². The normalized spacial score (nSPS) is 11.3. The zero-order valence-corrected chi connectivity index (χ0v) is 7.97. The van der Waals surface area contributed by atoms with Crippen LogP contribution in [0.25, 0.3) is 21.9 Å². The Hall–Kier alpha value is -1.87. The first kappa shape index (κ1) is 8.44. The number of nitrogens with zero attached hydrogens (tertiary/aromatic N) is 1. The average Bonchev–Trinajstić information content (AvgIpc) is 2.72. The first-order valence-electron chi connectivity index (χ1n) is 4.75. The number of hydrogen-bond donors (Lipinski definition) is 1. The Morgan fingerprint density at radius 1 is 1.27 bits per heavy atom. The third-order valence-electron chi connectivity index (χ3n) is 2.46. The van der Waals surface area contributed by atoms with Crippen molar-refractivity contribution in [2.45, 2.75) is 6.61 Å². The number of aromatic nitrogens is 1. The van der Waals surface area contributed by atoms with E-state index in [9.17, 15) is 0 Å². The second-order valence-electron chi connectivity index (χ2n) is 3.43. The fourth-order valence-electron chi connectivity index (χ4n) is 1.76. The Morgan fingerprint density at radius 3 is 3.00 bits per heavy atom. The topological polar surface area (TPSA) is 46.3 Å². The molecule has 0 atom stereocenters. The molecule has 0 saturated carbocycles. The summed E-state index contributed by atoms with van der Waals surface area (Å²) in [5.74, 6) is 0.572. The Kier molecular flexibility index (Phi) is 1.73. The Labute approximate surface area is 86.0 Å². The molecule has 1 N–H and O–H groups in total. The summed E-state index contributed by atoms with van der Waals surface area (Å²) < 4.78 is 5.54. The highest BCUT2D eigenvalue weighted by atomic mass is 16.4. The quantitative estimate of drug-likeness (QED) is 0.654. The second kappa shape index (κ2) is 3.07. The molecule has 0 amide bonds. The smallest absolute Gasteiger partial charge is 0.145 e. The van der Waals surface area contributed by atoms with Crippen LogP contribution in [0.1, 0.15) is 5.76 Å². The molecule has 3 rings (SSSR count). The molecule has 2 heterocycles. The predicted molar refractivity (Wildman–Crippen MR) is 57.4 cm³/mol. The van der Waals surface area contributed by atoms with Crippen molar-refractivity contribution in [1.82, 2.24) is 4.98 Å². The van der Waals surface area contributed by atoms with Crippen molar-refractivity contribution in [1.29, 1.82) is 0 Å². The van der Waals surface area contributed by atoms with Crippen LogP contribution in [0.3, 0.4) is 0 Å². The Morgan fingerprint density at radius 2 is 2.13 bits per heavy atom. The van der Waals surface area contributed by atoms with E-state index in [0.717, 1.165) is 21.9 Å². The largest absolute Gasteiger partial charge is 0.458 e. The maximum absolute atomic E-state index is 9.00. The van der Waals surface area contributed by atoms with Gasteiger partial charge in [0.25, 0.3) is 0 Å². The van der Waals surface area contributed by atoms with E-state index in [2.05, 4.69) is 4.98 Å². The molecule has 0 spiro atoms. The highest BCUT2D eigenvalue weighted by Gasteiger charge is 2.06. The molecule has 0 saturated heterocycles. The lowest BCUT2D eigenvalue weighted by molar-refractivity contribution is 0.251. The number of benzene rings is 1. The number of furan rings is 1. The predicted octanol–water partition coefficient (Wildman–Crippen LogP) is 2.47. The molecule has 0 fully saturated rings. The van der Waals surface area contributed by atoms with E-state index in [-0.39, 0.29) is 6.61 Å². The zero-order valence-electron chi connectivity index (χ0n) is 7.97. The molecule has 3 nitrogen and oxygen atoms in total. The van der Waals surface area contributed by atoms with Gasteiger partial charge in [-0.2, -0.15) is 0 Å². The average molecular weight is 199 g/mol. The van der Waals surface area contributed by atoms with Crippen LogP contribution in [0.4, 0.5) is 0 Å². The second-order valence-corrected chi connectivity index (χ2v) is 3.43. The molecule has 0 unspecified atom stereocenters. The van der Waals surface area contributed by atoms with E-state index in [1.54, 1.807) is 6.20 Å². The van der Waals surface area contributed by atoms with Gasteiger partial charge in [-0.05, 0) is 18.2 Å². The van der Waals surface area contributed by atoms with E-state index in [4.69, 9.17) is 9.52 Å². The van der Waals surface area contributed by atoms with Gasteiger partial charge in [0.15, 0.2) is 0 Å². The van der Waals surface area contributed by atoms with Gasteiger partial charge in [0.1, 0.15) is 18.0 Å². The molecule has 3 heteroatoms. The molecule has 0 aliphatic heterocycles. The molecule has 0 bridgehead atoms. The number of pyridine rings is 1. The van der Waals surface area contributed by atoms with Gasteiger partial charge in [-0.15, -0.1) is 0 Å². The summed E-state index contributed by atoms with van der Waals surface area (Å²) in [5.41, 5.74) is 1.70. The van der Waals surface area contributed by atoms with Crippen LogP contribution >= 0.6 is 0 Å². The number of rotatable bonds is 1. The van der Waals surface area contributed by atoms with Gasteiger partial charge in [-0.1, -0.05) is 12.1 Å². The van der Waals surface area contributed by atoms with Crippen molar-refractivity contribution in [3.05, 3.63) is 42.3 Å². The van der Waals surface area contributed by atoms with Crippen molar-refractivity contribution in [3.8, 4) is 0 Å². The monoisotopic (exact) mass is 199 g/mol. The standard InChI is InChI=1S/C12H9NO2/c14-7-9-5-8-6-13-11-4-2-1-3-10(11)12(8)15-9/h1-6,14H,7H2. The summed E-state index contributed by atoms with van der Waals surface area (Å²) in [6, 6.07) is 9.61. The molecule has 2 aromatic heterocycles. The highest BCUT2D eigenvalue weighted by molar-refractivity contribution is 6.01. The first-order valence-corrected chi connectivity index (χ1v) is 4.75. The number of fused-ring (bicyclic) bond motifs is 3. The van der Waals surface area contributed by atoms with Crippen LogP contribution in [0.5, 0.6) is 0 Å². The number of aliphatic hydroxyl groups excluding tert-OH is 1. The van der Waals surface area contributed by atoms with Gasteiger partial charge in [0.05, 0.1) is 5.52 Å². The molecule has 15 heavy (non-hydrogen) atoms. The molecular weight excluding hydrogens is 190 g/mol. The van der Waals surface area contributed by atoms with Gasteiger partial charge in [0.2, 0.25) is 0 Å². The maximum Gasteiger partial charge on any atom is 0.145 e. The summed E-state index contributed by atoms with van der Waals surface area (Å²) in [6.07, 6.45) is 1.76. The zero-order chi connectivity index (χ0) is 10.3. The summed E-state index contributed by atoms with van der Waals surface area (Å²) in [6.45, 7) is -0.0804. The maximum atomic E-state index is 9.00. The summed E-state index contributed by atoms with van der Waals surface area (Å²) >= 11 is 0. The van der Waals surface area contributed by atoms with E-state index < -0.39 is 0 Å². The van der Waals surface area contributed by atoms with E-state index in [1.807, 2.05) is 30.3 Å². The lowest BCUT2D eigenvalue weighted by Gasteiger charge is -1.95. The van der Waals surface area contributed by atoms with Crippen LogP contribution in [0, 0.1) is 0 Å². The summed E-state index contributed by atoms with van der Waals surface area (Å²) in [7, 11) is 0. The number of aliphatic hydroxyl groups is 1. The lowest BCUT2D eigenvalue weighted by atomic mass is 10.2. The molecule has 0 aliphatic carbocycles. The minimum absolute atomic E-state index is 0.0804. The van der Waals surface area contributed by atoms with E-state index in [0.29, 0.717) is 5.76 Å². The molecule has 1 aromatic carbocycles. The minimum atomic E-state index is -0.0804. The SMILES string of the molecule is OCc1cc2cnc3ccccc3c2o1. The number of hydrogen-bond acceptors (Lipinski definition) is 3. The highest BCUT2D eigenvalue weighted by Crippen LogP contribution is 2.26. The first-order chi connectivity index (χ1) is 7.38. The Bertz CT molecular complexity index is 628. The summed E-state index contributed by atoms with van der Waals surface area (Å²) in [4.78, 5) is 4.32. The van der Waals surface area contributed by atoms with Gasteiger partial charge in [-0.25, -0.2) is 0 Å². The van der Waals surface area contributed by atoms with Crippen LogP contribution in [0.15, 0.2) is 40.9 Å². The lowest BCUT2D eigenvalue weighted by Crippen LogP contribution is -1.77. The fourth-order valence-corrected chi connectivity index (χ4v) is 1.76. The van der Waals surface area contributed by atoms with Crippen molar-refractivity contribution >= 4 is 21.9 Å². The van der Waals surface area contributed by atoms with Crippen molar-refractivity contribution in [2.75, 3.05) is 0 Å². The van der Waals surface area contributed by atoms with Crippen molar-refractivity contribution in [3.63, 3.8) is 0 Å². The fraction of sp³-hybridized carbons (Fsp3) is 0.0833. The Balaban J connectivity index is 2.47. The summed E-state index contributed by atoms with van der Waals surface area (Å²) in [5, 5.41) is 10.9. The number of para-hydroxylation sites is 1. The van der Waals surface area contributed by atoms with E-state index >= 15 is 0 Å².